The minimum absolute atomic E-state index is 0.0964. The summed E-state index contributed by atoms with van der Waals surface area (Å²) in [6, 6.07) is 3.91. The van der Waals surface area contributed by atoms with Crippen molar-refractivity contribution in [1.82, 2.24) is 4.98 Å². The van der Waals surface area contributed by atoms with Crippen LogP contribution in [0.5, 0.6) is 0 Å². The number of aliphatic carboxylic acids is 1. The quantitative estimate of drug-likeness (QED) is 0.866. The Morgan fingerprint density at radius 2 is 2.21 bits per heavy atom. The molecule has 1 fully saturated rings. The number of aryl methyl sites for hydroxylation is 2. The summed E-state index contributed by atoms with van der Waals surface area (Å²) in [5.41, 5.74) is 0.932. The summed E-state index contributed by atoms with van der Waals surface area (Å²) in [7, 11) is 0. The molecule has 0 amide bonds. The van der Waals surface area contributed by atoms with E-state index in [0.29, 0.717) is 11.4 Å². The van der Waals surface area contributed by atoms with Crippen LogP contribution < -0.4 is 5.32 Å². The van der Waals surface area contributed by atoms with Crippen molar-refractivity contribution in [3.05, 3.63) is 22.9 Å². The zero-order valence-corrected chi connectivity index (χ0v) is 11.3. The minimum atomic E-state index is -1.06. The smallest absolute Gasteiger partial charge is 0.329 e. The molecule has 0 saturated heterocycles. The molecular formula is C14H17N3O2. The molecule has 0 aromatic carbocycles. The summed E-state index contributed by atoms with van der Waals surface area (Å²) >= 11 is 0. The predicted octanol–water partition coefficient (Wildman–Crippen LogP) is 2.24. The first-order valence-corrected chi connectivity index (χ1v) is 6.28. The molecule has 100 valence electrons. The highest BCUT2D eigenvalue weighted by Crippen LogP contribution is 2.41. The molecule has 1 heterocycles. The van der Waals surface area contributed by atoms with E-state index in [2.05, 4.69) is 16.4 Å². The van der Waals surface area contributed by atoms with Crippen molar-refractivity contribution in [2.75, 3.05) is 5.32 Å². The molecule has 0 radical (unpaired) electrons. The van der Waals surface area contributed by atoms with Gasteiger partial charge < -0.3 is 10.4 Å². The molecule has 1 aliphatic carbocycles. The number of hydrogen-bond acceptors (Lipinski definition) is 4. The van der Waals surface area contributed by atoms with E-state index in [1.807, 2.05) is 19.9 Å². The number of pyridine rings is 1. The van der Waals surface area contributed by atoms with Crippen LogP contribution in [0.25, 0.3) is 0 Å². The second-order valence-corrected chi connectivity index (χ2v) is 5.32. The number of anilines is 1. The lowest BCUT2D eigenvalue weighted by atomic mass is 9.95. The van der Waals surface area contributed by atoms with Crippen molar-refractivity contribution < 1.29 is 9.90 Å². The fourth-order valence-electron chi connectivity index (χ4n) is 2.31. The number of carboxylic acids is 1. The molecule has 2 rings (SSSR count). The molecule has 5 nitrogen and oxygen atoms in total. The maximum absolute atomic E-state index is 11.5. The molecule has 0 bridgehead atoms. The van der Waals surface area contributed by atoms with Crippen LogP contribution in [-0.2, 0) is 4.79 Å². The first-order chi connectivity index (χ1) is 8.88. The van der Waals surface area contributed by atoms with Crippen LogP contribution in [0.3, 0.4) is 0 Å². The molecule has 2 N–H and O–H groups in total. The topological polar surface area (TPSA) is 86.0 Å². The van der Waals surface area contributed by atoms with Crippen molar-refractivity contribution in [1.29, 1.82) is 5.26 Å². The second kappa shape index (κ2) is 4.54. The van der Waals surface area contributed by atoms with Crippen LogP contribution >= 0.6 is 0 Å². The van der Waals surface area contributed by atoms with Gasteiger partial charge in [0.2, 0.25) is 0 Å². The van der Waals surface area contributed by atoms with Crippen molar-refractivity contribution in [3.63, 3.8) is 0 Å². The van der Waals surface area contributed by atoms with Gasteiger partial charge in [-0.15, -0.1) is 0 Å². The van der Waals surface area contributed by atoms with E-state index in [0.717, 1.165) is 24.1 Å². The van der Waals surface area contributed by atoms with Crippen LogP contribution in [0.1, 0.15) is 36.6 Å². The number of aromatic nitrogens is 1. The lowest BCUT2D eigenvalue weighted by molar-refractivity contribution is -0.142. The van der Waals surface area contributed by atoms with E-state index in [4.69, 9.17) is 0 Å². The van der Waals surface area contributed by atoms with Gasteiger partial charge in [-0.25, -0.2) is 9.78 Å². The van der Waals surface area contributed by atoms with Crippen LogP contribution in [0.15, 0.2) is 6.07 Å². The predicted molar refractivity (Wildman–Crippen MR) is 70.8 cm³/mol. The van der Waals surface area contributed by atoms with Gasteiger partial charge in [0.15, 0.2) is 0 Å². The fourth-order valence-corrected chi connectivity index (χ4v) is 2.31. The van der Waals surface area contributed by atoms with Crippen molar-refractivity contribution in [2.24, 2.45) is 5.92 Å². The highest BCUT2D eigenvalue weighted by atomic mass is 16.4. The zero-order valence-electron chi connectivity index (χ0n) is 11.3. The molecule has 19 heavy (non-hydrogen) atoms. The summed E-state index contributed by atoms with van der Waals surface area (Å²) < 4.78 is 0. The van der Waals surface area contributed by atoms with Crippen LogP contribution in [-0.4, -0.2) is 21.6 Å². The Bertz CT molecular complexity index is 573. The van der Waals surface area contributed by atoms with E-state index < -0.39 is 11.5 Å². The molecular weight excluding hydrogens is 242 g/mol. The van der Waals surface area contributed by atoms with Crippen molar-refractivity contribution in [3.8, 4) is 6.07 Å². The van der Waals surface area contributed by atoms with Gasteiger partial charge in [0.1, 0.15) is 17.4 Å². The SMILES string of the molecule is Cc1cc(C)c(C#N)c(NC(C)(C(=O)O)C2CC2)n1. The lowest BCUT2D eigenvalue weighted by Crippen LogP contribution is -2.46. The number of nitriles is 1. The van der Waals surface area contributed by atoms with E-state index >= 15 is 0 Å². The Balaban J connectivity index is 2.43. The Kier molecular flexibility index (Phi) is 3.19. The molecule has 0 aliphatic heterocycles. The Morgan fingerprint density at radius 1 is 1.58 bits per heavy atom. The summed E-state index contributed by atoms with van der Waals surface area (Å²) in [6.45, 7) is 5.32. The third-order valence-corrected chi connectivity index (χ3v) is 3.67. The lowest BCUT2D eigenvalue weighted by Gasteiger charge is -2.27. The molecule has 1 atom stereocenters. The van der Waals surface area contributed by atoms with Crippen molar-refractivity contribution in [2.45, 2.75) is 39.2 Å². The van der Waals surface area contributed by atoms with E-state index in [1.54, 1.807) is 6.92 Å². The third-order valence-electron chi connectivity index (χ3n) is 3.67. The van der Waals surface area contributed by atoms with E-state index in [1.165, 1.54) is 0 Å². The van der Waals surface area contributed by atoms with Crippen LogP contribution in [0, 0.1) is 31.1 Å². The summed E-state index contributed by atoms with van der Waals surface area (Å²) in [5.74, 6) is -0.434. The third kappa shape index (κ3) is 2.39. The average molecular weight is 259 g/mol. The first kappa shape index (κ1) is 13.3. The highest BCUT2D eigenvalue weighted by molar-refractivity contribution is 5.83. The molecule has 1 aromatic rings. The number of nitrogens with one attached hydrogen (secondary N) is 1. The summed E-state index contributed by atoms with van der Waals surface area (Å²) in [5, 5.41) is 21.6. The monoisotopic (exact) mass is 259 g/mol. The molecule has 1 aliphatic rings. The maximum atomic E-state index is 11.5. The molecule has 1 unspecified atom stereocenters. The molecule has 0 spiro atoms. The molecule has 1 saturated carbocycles. The normalized spacial score (nSPS) is 17.4. The molecule has 5 heteroatoms. The number of rotatable bonds is 4. The van der Waals surface area contributed by atoms with Crippen LogP contribution in [0.2, 0.25) is 0 Å². The first-order valence-electron chi connectivity index (χ1n) is 6.28. The van der Waals surface area contributed by atoms with Gasteiger partial charge in [0.25, 0.3) is 0 Å². The van der Waals surface area contributed by atoms with Gasteiger partial charge >= 0.3 is 5.97 Å². The number of carboxylic acid groups (broad SMARTS) is 1. The van der Waals surface area contributed by atoms with Gasteiger partial charge in [-0.05, 0) is 51.2 Å². The highest BCUT2D eigenvalue weighted by Gasteiger charge is 2.48. The van der Waals surface area contributed by atoms with Gasteiger partial charge in [-0.3, -0.25) is 0 Å². The number of carbonyl (C=O) groups is 1. The average Bonchev–Trinajstić information content (AvgIpc) is 3.11. The maximum Gasteiger partial charge on any atom is 0.329 e. The standard InChI is InChI=1S/C14H17N3O2/c1-8-6-9(2)16-12(11(8)7-15)17-14(3,13(18)19)10-4-5-10/h6,10H,4-5H2,1-3H3,(H,16,17)(H,18,19). The fraction of sp³-hybridized carbons (Fsp3) is 0.500. The van der Waals surface area contributed by atoms with E-state index in [9.17, 15) is 15.2 Å². The minimum Gasteiger partial charge on any atom is -0.480 e. The Labute approximate surface area is 112 Å². The van der Waals surface area contributed by atoms with Crippen molar-refractivity contribution >= 4 is 11.8 Å². The Morgan fingerprint density at radius 3 is 2.68 bits per heavy atom. The molecule has 1 aromatic heterocycles. The largest absolute Gasteiger partial charge is 0.480 e. The number of nitrogens with zero attached hydrogens (tertiary/aromatic N) is 2. The van der Waals surface area contributed by atoms with Gasteiger partial charge in [0.05, 0.1) is 5.56 Å². The van der Waals surface area contributed by atoms with Gasteiger partial charge in [-0.2, -0.15) is 5.26 Å². The van der Waals surface area contributed by atoms with Crippen LogP contribution in [0.4, 0.5) is 5.82 Å². The second-order valence-electron chi connectivity index (χ2n) is 5.32. The number of hydrogen-bond donors (Lipinski definition) is 2. The van der Waals surface area contributed by atoms with E-state index in [-0.39, 0.29) is 5.92 Å². The zero-order chi connectivity index (χ0) is 14.2. The van der Waals surface area contributed by atoms with Gasteiger partial charge in [0, 0.05) is 5.69 Å². The summed E-state index contributed by atoms with van der Waals surface area (Å²) in [4.78, 5) is 15.8. The summed E-state index contributed by atoms with van der Waals surface area (Å²) in [6.07, 6.45) is 1.78. The Hall–Kier alpha value is -2.09. The van der Waals surface area contributed by atoms with Gasteiger partial charge in [-0.1, -0.05) is 0 Å².